The molecule has 1 aromatic carbocycles. The van der Waals surface area contributed by atoms with Crippen LogP contribution in [0.5, 0.6) is 0 Å². The highest BCUT2D eigenvalue weighted by Crippen LogP contribution is 2.48. The van der Waals surface area contributed by atoms with E-state index in [9.17, 15) is 4.79 Å². The predicted molar refractivity (Wildman–Crippen MR) is 100 cm³/mol. The number of aromatic nitrogens is 1. The zero-order valence-corrected chi connectivity index (χ0v) is 15.0. The number of benzene rings is 1. The van der Waals surface area contributed by atoms with Gasteiger partial charge in [0.2, 0.25) is 0 Å². The quantitative estimate of drug-likeness (QED) is 0.893. The van der Waals surface area contributed by atoms with Crippen LogP contribution in [0.4, 0.5) is 4.79 Å². The molecule has 132 valence electrons. The van der Waals surface area contributed by atoms with Gasteiger partial charge in [-0.15, -0.1) is 0 Å². The summed E-state index contributed by atoms with van der Waals surface area (Å²) in [5.74, 6) is 0.686. The number of amides is 2. The summed E-state index contributed by atoms with van der Waals surface area (Å²) in [6.07, 6.45) is 10.7. The number of carbonyl (C=O) groups excluding carboxylic acids is 1. The van der Waals surface area contributed by atoms with E-state index in [1.54, 1.807) is 4.90 Å². The van der Waals surface area contributed by atoms with E-state index in [1.807, 2.05) is 25.4 Å². The van der Waals surface area contributed by atoms with E-state index < -0.39 is 0 Å². The fraction of sp³-hybridized carbons (Fsp3) is 0.524. The molecule has 0 spiro atoms. The number of carbonyl (C=O) groups is 1. The van der Waals surface area contributed by atoms with Gasteiger partial charge in [-0.3, -0.25) is 4.98 Å². The van der Waals surface area contributed by atoms with Crippen LogP contribution < -0.4 is 5.32 Å². The second kappa shape index (κ2) is 6.66. The van der Waals surface area contributed by atoms with Crippen molar-refractivity contribution in [2.45, 2.75) is 57.0 Å². The molecule has 0 atom stereocenters. The van der Waals surface area contributed by atoms with Crippen molar-refractivity contribution < 1.29 is 4.79 Å². The molecule has 2 aliphatic carbocycles. The highest BCUT2D eigenvalue weighted by molar-refractivity contribution is 5.79. The molecule has 1 N–H and O–H groups in total. The summed E-state index contributed by atoms with van der Waals surface area (Å²) in [7, 11) is 1.89. The maximum atomic E-state index is 12.7. The minimum Gasteiger partial charge on any atom is -0.332 e. The maximum absolute atomic E-state index is 12.7. The van der Waals surface area contributed by atoms with Crippen molar-refractivity contribution in [3.8, 4) is 0 Å². The van der Waals surface area contributed by atoms with Crippen molar-refractivity contribution in [3.63, 3.8) is 0 Å². The number of urea groups is 1. The first kappa shape index (κ1) is 16.4. The van der Waals surface area contributed by atoms with Crippen LogP contribution in [0, 0.1) is 5.92 Å². The van der Waals surface area contributed by atoms with E-state index in [0.29, 0.717) is 12.5 Å². The van der Waals surface area contributed by atoms with E-state index in [4.69, 9.17) is 0 Å². The molecule has 0 saturated heterocycles. The Morgan fingerprint density at radius 1 is 1.24 bits per heavy atom. The van der Waals surface area contributed by atoms with Crippen LogP contribution in [-0.4, -0.2) is 28.5 Å². The topological polar surface area (TPSA) is 45.2 Å². The van der Waals surface area contributed by atoms with Crippen LogP contribution in [0.1, 0.15) is 50.5 Å². The Morgan fingerprint density at radius 3 is 2.80 bits per heavy atom. The molecule has 2 aliphatic rings. The summed E-state index contributed by atoms with van der Waals surface area (Å²) in [5, 5.41) is 4.49. The fourth-order valence-corrected chi connectivity index (χ4v) is 4.30. The number of fused-ring (bicyclic) bond motifs is 1. The van der Waals surface area contributed by atoms with Crippen LogP contribution >= 0.6 is 0 Å². The SMILES string of the molecule is CN(Cc1ccc2ncccc2c1)C(=O)NC1(C2CCCCC2)CC1. The maximum Gasteiger partial charge on any atom is 0.317 e. The molecule has 0 aliphatic heterocycles. The monoisotopic (exact) mass is 337 g/mol. The van der Waals surface area contributed by atoms with E-state index >= 15 is 0 Å². The number of nitrogens with zero attached hydrogens (tertiary/aromatic N) is 2. The second-order valence-corrected chi connectivity index (χ2v) is 7.81. The molecule has 1 heterocycles. The summed E-state index contributed by atoms with van der Waals surface area (Å²) in [6.45, 7) is 0.622. The van der Waals surface area contributed by atoms with E-state index in [-0.39, 0.29) is 11.6 Å². The highest BCUT2D eigenvalue weighted by Gasteiger charge is 2.50. The van der Waals surface area contributed by atoms with Crippen molar-refractivity contribution >= 4 is 16.9 Å². The summed E-state index contributed by atoms with van der Waals surface area (Å²) < 4.78 is 0. The van der Waals surface area contributed by atoms with Gasteiger partial charge in [-0.25, -0.2) is 4.79 Å². The minimum absolute atomic E-state index is 0.0642. The van der Waals surface area contributed by atoms with Crippen molar-refractivity contribution in [2.75, 3.05) is 7.05 Å². The van der Waals surface area contributed by atoms with Gasteiger partial charge in [-0.05, 0) is 55.4 Å². The Balaban J connectivity index is 1.40. The summed E-state index contributed by atoms with van der Waals surface area (Å²) in [6, 6.07) is 10.3. The van der Waals surface area contributed by atoms with Gasteiger partial charge in [0.15, 0.2) is 0 Å². The molecule has 1 aromatic heterocycles. The van der Waals surface area contributed by atoms with Gasteiger partial charge in [0.05, 0.1) is 5.52 Å². The van der Waals surface area contributed by atoms with Crippen LogP contribution in [0.25, 0.3) is 10.9 Å². The lowest BCUT2D eigenvalue weighted by Gasteiger charge is -2.32. The molecular weight excluding hydrogens is 310 g/mol. The number of hydrogen-bond acceptors (Lipinski definition) is 2. The Labute approximate surface area is 149 Å². The highest BCUT2D eigenvalue weighted by atomic mass is 16.2. The zero-order chi connectivity index (χ0) is 17.3. The van der Waals surface area contributed by atoms with Crippen LogP contribution in [0.2, 0.25) is 0 Å². The van der Waals surface area contributed by atoms with E-state index in [0.717, 1.165) is 29.3 Å². The van der Waals surface area contributed by atoms with Crippen LogP contribution in [-0.2, 0) is 6.54 Å². The third-order valence-corrected chi connectivity index (χ3v) is 5.97. The lowest BCUT2D eigenvalue weighted by atomic mass is 9.82. The molecule has 4 heteroatoms. The standard InChI is InChI=1S/C21H27N3O/c1-24(15-16-9-10-19-17(14-16)6-5-13-22-19)20(25)23-21(11-12-21)18-7-3-2-4-8-18/h5-6,9-10,13-14,18H,2-4,7-8,11-12,15H2,1H3,(H,23,25). The fourth-order valence-electron chi connectivity index (χ4n) is 4.30. The molecule has 2 fully saturated rings. The average Bonchev–Trinajstić information content (AvgIpc) is 3.43. The Morgan fingerprint density at radius 2 is 2.04 bits per heavy atom. The minimum atomic E-state index is 0.0642. The Hall–Kier alpha value is -2.10. The first-order chi connectivity index (χ1) is 12.2. The molecular formula is C21H27N3O. The molecule has 25 heavy (non-hydrogen) atoms. The molecule has 4 nitrogen and oxygen atoms in total. The first-order valence-corrected chi connectivity index (χ1v) is 9.53. The largest absolute Gasteiger partial charge is 0.332 e. The molecule has 0 bridgehead atoms. The molecule has 2 amide bonds. The molecule has 4 rings (SSSR count). The van der Waals surface area contributed by atoms with Gasteiger partial charge in [-0.1, -0.05) is 31.4 Å². The predicted octanol–water partition coefficient (Wildman–Crippen LogP) is 4.49. The summed E-state index contributed by atoms with van der Waals surface area (Å²) in [5.41, 5.74) is 2.23. The number of hydrogen-bond donors (Lipinski definition) is 1. The van der Waals surface area contributed by atoms with Crippen molar-refractivity contribution in [1.82, 2.24) is 15.2 Å². The van der Waals surface area contributed by atoms with Gasteiger partial charge >= 0.3 is 6.03 Å². The van der Waals surface area contributed by atoms with Crippen LogP contribution in [0.3, 0.4) is 0 Å². The van der Waals surface area contributed by atoms with Gasteiger partial charge < -0.3 is 10.2 Å². The van der Waals surface area contributed by atoms with Crippen molar-refractivity contribution in [3.05, 3.63) is 42.1 Å². The summed E-state index contributed by atoms with van der Waals surface area (Å²) in [4.78, 5) is 18.9. The molecule has 2 saturated carbocycles. The Bertz CT molecular complexity index is 763. The Kier molecular flexibility index (Phi) is 4.36. The summed E-state index contributed by atoms with van der Waals surface area (Å²) >= 11 is 0. The average molecular weight is 337 g/mol. The molecule has 2 aromatic rings. The lowest BCUT2D eigenvalue weighted by Crippen LogP contribution is -2.48. The third-order valence-electron chi connectivity index (χ3n) is 5.97. The van der Waals surface area contributed by atoms with E-state index in [1.165, 1.54) is 32.1 Å². The zero-order valence-electron chi connectivity index (χ0n) is 15.0. The molecule has 0 unspecified atom stereocenters. The van der Waals surface area contributed by atoms with Gasteiger partial charge in [0, 0.05) is 30.7 Å². The van der Waals surface area contributed by atoms with Gasteiger partial charge in [0.25, 0.3) is 0 Å². The molecule has 0 radical (unpaired) electrons. The number of pyridine rings is 1. The normalized spacial score (nSPS) is 19.6. The van der Waals surface area contributed by atoms with Gasteiger partial charge in [-0.2, -0.15) is 0 Å². The van der Waals surface area contributed by atoms with Crippen molar-refractivity contribution in [2.24, 2.45) is 5.92 Å². The second-order valence-electron chi connectivity index (χ2n) is 7.81. The van der Waals surface area contributed by atoms with Crippen LogP contribution in [0.15, 0.2) is 36.5 Å². The third kappa shape index (κ3) is 3.48. The van der Waals surface area contributed by atoms with Gasteiger partial charge in [0.1, 0.15) is 0 Å². The smallest absolute Gasteiger partial charge is 0.317 e. The first-order valence-electron chi connectivity index (χ1n) is 9.53. The number of rotatable bonds is 4. The van der Waals surface area contributed by atoms with E-state index in [2.05, 4.69) is 28.5 Å². The lowest BCUT2D eigenvalue weighted by molar-refractivity contribution is 0.185. The number of nitrogens with one attached hydrogen (secondary N) is 1. The van der Waals surface area contributed by atoms with Crippen molar-refractivity contribution in [1.29, 1.82) is 0 Å².